The molecule has 0 radical (unpaired) electrons. The molecule has 0 aliphatic heterocycles. The van der Waals surface area contributed by atoms with Crippen LogP contribution in [0.2, 0.25) is 0 Å². The number of methoxy groups -OCH3 is 1. The molecule has 7 nitrogen and oxygen atoms in total. The fourth-order valence-electron chi connectivity index (χ4n) is 3.46. The number of hydrogen-bond acceptors (Lipinski definition) is 5. The van der Waals surface area contributed by atoms with Gasteiger partial charge in [0.2, 0.25) is 10.0 Å². The molecular weight excluding hydrogens is 449 g/mol. The minimum Gasteiger partial charge on any atom is -0.465 e. The molecule has 1 aromatic heterocycles. The van der Waals surface area contributed by atoms with E-state index in [9.17, 15) is 31.2 Å². The number of aromatic nitrogens is 1. The average molecular weight is 468 g/mol. The SMILES string of the molecule is COC(=O)c1cn(C(=O)[C@H](C)N(c2cccc(C(F)(F)F)c2)S(C)(=O)=O)c2ccccc12. The van der Waals surface area contributed by atoms with Crippen LogP contribution in [0.25, 0.3) is 10.9 Å². The number of nitrogens with zero attached hydrogens (tertiary/aromatic N) is 2. The summed E-state index contributed by atoms with van der Waals surface area (Å²) in [4.78, 5) is 25.4. The second-order valence-corrected chi connectivity index (χ2v) is 8.90. The standard InChI is InChI=1S/C21H19F3N2O5S/c1-13(26(32(3,29)30)15-8-6-7-14(11-15)21(22,23)24)19(27)25-12-17(20(28)31-2)16-9-4-5-10-18(16)25/h4-13H,1-3H3/t13-/m0/s1. The average Bonchev–Trinajstić information content (AvgIpc) is 3.11. The Morgan fingerprint density at radius 1 is 1.09 bits per heavy atom. The summed E-state index contributed by atoms with van der Waals surface area (Å²) in [6.07, 6.45) is -2.68. The van der Waals surface area contributed by atoms with Crippen molar-refractivity contribution in [3.63, 3.8) is 0 Å². The molecule has 11 heteroatoms. The van der Waals surface area contributed by atoms with Crippen molar-refractivity contribution in [2.24, 2.45) is 0 Å². The fourth-order valence-corrected chi connectivity index (χ4v) is 4.62. The maximum atomic E-state index is 13.3. The van der Waals surface area contributed by atoms with E-state index in [1.165, 1.54) is 26.3 Å². The van der Waals surface area contributed by atoms with Gasteiger partial charge in [0, 0.05) is 11.6 Å². The van der Waals surface area contributed by atoms with Crippen LogP contribution >= 0.6 is 0 Å². The molecule has 0 saturated heterocycles. The second-order valence-electron chi connectivity index (χ2n) is 7.04. The molecule has 32 heavy (non-hydrogen) atoms. The van der Waals surface area contributed by atoms with Crippen LogP contribution in [0.3, 0.4) is 0 Å². The van der Waals surface area contributed by atoms with Crippen LogP contribution < -0.4 is 4.31 Å². The van der Waals surface area contributed by atoms with Gasteiger partial charge in [-0.1, -0.05) is 24.3 Å². The lowest BCUT2D eigenvalue weighted by molar-refractivity contribution is -0.137. The highest BCUT2D eigenvalue weighted by atomic mass is 32.2. The van der Waals surface area contributed by atoms with Crippen molar-refractivity contribution >= 4 is 38.5 Å². The molecule has 0 fully saturated rings. The summed E-state index contributed by atoms with van der Waals surface area (Å²) in [7, 11) is -2.98. The summed E-state index contributed by atoms with van der Waals surface area (Å²) in [6.45, 7) is 1.26. The van der Waals surface area contributed by atoms with Crippen molar-refractivity contribution in [2.75, 3.05) is 17.7 Å². The molecule has 3 aromatic rings. The van der Waals surface area contributed by atoms with E-state index in [0.717, 1.165) is 23.0 Å². The summed E-state index contributed by atoms with van der Waals surface area (Å²) >= 11 is 0. The van der Waals surface area contributed by atoms with Gasteiger partial charge >= 0.3 is 12.1 Å². The van der Waals surface area contributed by atoms with Gasteiger partial charge in [0.1, 0.15) is 6.04 Å². The number of halogens is 3. The summed E-state index contributed by atoms with van der Waals surface area (Å²) in [5.41, 5.74) is -0.952. The van der Waals surface area contributed by atoms with E-state index in [1.54, 1.807) is 24.3 Å². The molecule has 1 heterocycles. The molecule has 2 aromatic carbocycles. The van der Waals surface area contributed by atoms with Crippen LogP contribution in [0.5, 0.6) is 0 Å². The van der Waals surface area contributed by atoms with Crippen molar-refractivity contribution in [2.45, 2.75) is 19.1 Å². The number of carbonyl (C=O) groups is 2. The molecule has 170 valence electrons. The van der Waals surface area contributed by atoms with Gasteiger partial charge in [-0.2, -0.15) is 13.2 Å². The van der Waals surface area contributed by atoms with Crippen LogP contribution in [-0.2, 0) is 20.9 Å². The van der Waals surface area contributed by atoms with Crippen LogP contribution in [0.4, 0.5) is 18.9 Å². The first kappa shape index (κ1) is 23.3. The topological polar surface area (TPSA) is 85.7 Å². The Morgan fingerprint density at radius 2 is 1.75 bits per heavy atom. The first-order chi connectivity index (χ1) is 14.9. The normalized spacial score (nSPS) is 13.1. The molecule has 3 rings (SSSR count). The van der Waals surface area contributed by atoms with Gasteiger partial charge in [-0.05, 0) is 31.2 Å². The zero-order chi connectivity index (χ0) is 23.8. The Morgan fingerprint density at radius 3 is 2.34 bits per heavy atom. The number of benzene rings is 2. The van der Waals surface area contributed by atoms with Crippen LogP contribution in [-0.4, -0.2) is 44.3 Å². The Hall–Kier alpha value is -3.34. The molecule has 0 bridgehead atoms. The quantitative estimate of drug-likeness (QED) is 0.530. The van der Waals surface area contributed by atoms with E-state index in [1.807, 2.05) is 0 Å². The maximum Gasteiger partial charge on any atom is 0.416 e. The molecular formula is C21H19F3N2O5S. The summed E-state index contributed by atoms with van der Waals surface area (Å²) in [6, 6.07) is 8.71. The number of anilines is 1. The number of esters is 1. The maximum absolute atomic E-state index is 13.3. The Balaban J connectivity index is 2.13. The van der Waals surface area contributed by atoms with E-state index in [2.05, 4.69) is 0 Å². The third kappa shape index (κ3) is 4.33. The van der Waals surface area contributed by atoms with Crippen LogP contribution in [0.15, 0.2) is 54.7 Å². The van der Waals surface area contributed by atoms with Gasteiger partial charge in [0.25, 0.3) is 5.91 Å². The smallest absolute Gasteiger partial charge is 0.416 e. The molecule has 0 saturated carbocycles. The van der Waals surface area contributed by atoms with E-state index >= 15 is 0 Å². The van der Waals surface area contributed by atoms with Gasteiger partial charge in [-0.25, -0.2) is 13.2 Å². The van der Waals surface area contributed by atoms with Gasteiger partial charge in [-0.15, -0.1) is 0 Å². The number of para-hydroxylation sites is 1. The van der Waals surface area contributed by atoms with Gasteiger partial charge in [-0.3, -0.25) is 13.7 Å². The minimum absolute atomic E-state index is 0.0913. The highest BCUT2D eigenvalue weighted by molar-refractivity contribution is 7.92. The molecule has 0 spiro atoms. The van der Waals surface area contributed by atoms with Crippen molar-refractivity contribution in [1.82, 2.24) is 4.57 Å². The van der Waals surface area contributed by atoms with Crippen LogP contribution in [0, 0.1) is 0 Å². The zero-order valence-corrected chi connectivity index (χ0v) is 18.1. The summed E-state index contributed by atoms with van der Waals surface area (Å²) in [5, 5.41) is 0.407. The van der Waals surface area contributed by atoms with Crippen molar-refractivity contribution in [3.8, 4) is 0 Å². The zero-order valence-electron chi connectivity index (χ0n) is 17.3. The number of carbonyl (C=O) groups excluding carboxylic acids is 2. The molecule has 0 aliphatic carbocycles. The number of rotatable bonds is 5. The number of alkyl halides is 3. The predicted octanol–water partition coefficient (Wildman–Crippen LogP) is 3.94. The highest BCUT2D eigenvalue weighted by Gasteiger charge is 2.35. The van der Waals surface area contributed by atoms with Gasteiger partial charge in [0.05, 0.1) is 35.7 Å². The Kier molecular flexibility index (Phi) is 6.05. The first-order valence-corrected chi connectivity index (χ1v) is 11.1. The Bertz CT molecular complexity index is 1300. The highest BCUT2D eigenvalue weighted by Crippen LogP contribution is 2.33. The van der Waals surface area contributed by atoms with Gasteiger partial charge < -0.3 is 4.74 Å². The first-order valence-electron chi connectivity index (χ1n) is 9.25. The molecule has 0 unspecified atom stereocenters. The lowest BCUT2D eigenvalue weighted by atomic mass is 10.1. The summed E-state index contributed by atoms with van der Waals surface area (Å²) in [5.74, 6) is -1.46. The Labute approximate surface area is 182 Å². The van der Waals surface area contributed by atoms with E-state index < -0.39 is 39.7 Å². The second kappa shape index (κ2) is 8.30. The van der Waals surface area contributed by atoms with Crippen molar-refractivity contribution in [3.05, 3.63) is 65.9 Å². The van der Waals surface area contributed by atoms with E-state index in [0.29, 0.717) is 21.3 Å². The number of ether oxygens (including phenoxy) is 1. The third-order valence-electron chi connectivity index (χ3n) is 4.85. The van der Waals surface area contributed by atoms with Crippen molar-refractivity contribution in [1.29, 1.82) is 0 Å². The van der Waals surface area contributed by atoms with Gasteiger partial charge in [0.15, 0.2) is 0 Å². The number of fused-ring (bicyclic) bond motifs is 1. The third-order valence-corrected chi connectivity index (χ3v) is 6.09. The molecule has 1 atom stereocenters. The van der Waals surface area contributed by atoms with E-state index in [4.69, 9.17) is 4.74 Å². The van der Waals surface area contributed by atoms with Crippen molar-refractivity contribution < 1.29 is 35.9 Å². The summed E-state index contributed by atoms with van der Waals surface area (Å²) < 4.78 is 70.9. The van der Waals surface area contributed by atoms with E-state index in [-0.39, 0.29) is 11.3 Å². The largest absolute Gasteiger partial charge is 0.465 e. The number of hydrogen-bond donors (Lipinski definition) is 0. The lowest BCUT2D eigenvalue weighted by Gasteiger charge is -2.28. The lowest BCUT2D eigenvalue weighted by Crippen LogP contribution is -2.44. The minimum atomic E-state index is -4.70. The number of sulfonamides is 1. The van der Waals surface area contributed by atoms with Crippen LogP contribution in [0.1, 0.15) is 27.6 Å². The molecule has 0 N–H and O–H groups in total. The molecule has 0 amide bonds. The molecule has 0 aliphatic rings. The predicted molar refractivity (Wildman–Crippen MR) is 112 cm³/mol. The monoisotopic (exact) mass is 468 g/mol. The fraction of sp³-hybridized carbons (Fsp3) is 0.238.